The van der Waals surface area contributed by atoms with Gasteiger partial charge in [-0.3, -0.25) is 14.2 Å². The standard InChI is InChI=1S/C52H96NO9P/c1-5-6-7-8-9-10-11-12-13-14-15-16-17-19-22-25-28-31-34-37-40-43-51(55)59-48-50(49-61-63(57,58)60-47-45-53(2,3)4)62-52(56)44-41-38-35-32-29-26-23-20-18-21-24-27-30-33-36-39-42-46-54/h18,21,23,26-27,30,32,35,50,54H,5-17,19-20,22,24-25,28-29,31,33-34,36-49H2,1-4H3/b21-18-,26-23-,30-27-,35-32-/t50-/m1/s1. The van der Waals surface area contributed by atoms with Crippen molar-refractivity contribution >= 4 is 19.8 Å². The van der Waals surface area contributed by atoms with E-state index >= 15 is 0 Å². The summed E-state index contributed by atoms with van der Waals surface area (Å²) in [4.78, 5) is 37.7. The van der Waals surface area contributed by atoms with Crippen molar-refractivity contribution in [3.05, 3.63) is 48.6 Å². The van der Waals surface area contributed by atoms with Crippen molar-refractivity contribution < 1.29 is 47.2 Å². The molecule has 1 unspecified atom stereocenters. The molecule has 0 radical (unpaired) electrons. The lowest BCUT2D eigenvalue weighted by molar-refractivity contribution is -0.870. The van der Waals surface area contributed by atoms with Gasteiger partial charge in [-0.2, -0.15) is 0 Å². The molecule has 11 heteroatoms. The van der Waals surface area contributed by atoms with Crippen molar-refractivity contribution in [2.75, 3.05) is 54.1 Å². The fraction of sp³-hybridized carbons (Fsp3) is 0.808. The highest BCUT2D eigenvalue weighted by Crippen LogP contribution is 2.38. The molecule has 0 aromatic carbocycles. The number of allylic oxidation sites excluding steroid dienone is 8. The molecule has 2 atom stereocenters. The van der Waals surface area contributed by atoms with Gasteiger partial charge < -0.3 is 33.0 Å². The largest absolute Gasteiger partial charge is 0.756 e. The molecule has 10 nitrogen and oxygen atoms in total. The average Bonchev–Trinajstić information content (AvgIpc) is 3.24. The van der Waals surface area contributed by atoms with Gasteiger partial charge in [0, 0.05) is 19.4 Å². The molecule has 0 aliphatic carbocycles. The van der Waals surface area contributed by atoms with E-state index in [1.165, 1.54) is 116 Å². The number of nitrogens with zero attached hydrogens (tertiary/aromatic N) is 1. The number of rotatable bonds is 47. The Labute approximate surface area is 386 Å². The van der Waals surface area contributed by atoms with Crippen LogP contribution < -0.4 is 4.89 Å². The van der Waals surface area contributed by atoms with Crippen molar-refractivity contribution in [3.8, 4) is 0 Å². The molecule has 0 fully saturated rings. The van der Waals surface area contributed by atoms with E-state index in [0.717, 1.165) is 64.2 Å². The summed E-state index contributed by atoms with van der Waals surface area (Å²) < 4.78 is 33.9. The molecule has 1 N–H and O–H groups in total. The summed E-state index contributed by atoms with van der Waals surface area (Å²) in [6, 6.07) is 0. The van der Waals surface area contributed by atoms with E-state index in [1.54, 1.807) is 0 Å². The van der Waals surface area contributed by atoms with E-state index in [0.29, 0.717) is 23.9 Å². The summed E-state index contributed by atoms with van der Waals surface area (Å²) >= 11 is 0. The van der Waals surface area contributed by atoms with Crippen molar-refractivity contribution in [1.29, 1.82) is 0 Å². The van der Waals surface area contributed by atoms with Gasteiger partial charge in [-0.1, -0.05) is 190 Å². The summed E-state index contributed by atoms with van der Waals surface area (Å²) in [5, 5.41) is 8.81. The van der Waals surface area contributed by atoms with E-state index in [1.807, 2.05) is 27.2 Å². The molecule has 0 saturated heterocycles. The fourth-order valence-corrected chi connectivity index (χ4v) is 7.65. The Balaban J connectivity index is 4.30. The number of hydrogen-bond acceptors (Lipinski definition) is 9. The van der Waals surface area contributed by atoms with Crippen molar-refractivity contribution in [1.82, 2.24) is 0 Å². The third-order valence-electron chi connectivity index (χ3n) is 10.9. The normalized spacial score (nSPS) is 13.8. The zero-order valence-corrected chi connectivity index (χ0v) is 41.9. The monoisotopic (exact) mass is 910 g/mol. The average molecular weight is 910 g/mol. The highest BCUT2D eigenvalue weighted by molar-refractivity contribution is 7.45. The lowest BCUT2D eigenvalue weighted by Crippen LogP contribution is -2.37. The Kier molecular flexibility index (Phi) is 43.6. The van der Waals surface area contributed by atoms with Crippen LogP contribution in [0.1, 0.15) is 212 Å². The van der Waals surface area contributed by atoms with Crippen LogP contribution in [0, 0.1) is 0 Å². The number of aliphatic hydroxyl groups excluding tert-OH is 1. The van der Waals surface area contributed by atoms with E-state index in [4.69, 9.17) is 23.6 Å². The number of aliphatic hydroxyl groups is 1. The molecule has 0 aromatic heterocycles. The molecule has 0 amide bonds. The molecular weight excluding hydrogens is 814 g/mol. The highest BCUT2D eigenvalue weighted by atomic mass is 31.2. The number of ether oxygens (including phenoxy) is 2. The van der Waals surface area contributed by atoms with E-state index in [9.17, 15) is 19.0 Å². The third-order valence-corrected chi connectivity index (χ3v) is 11.9. The molecule has 368 valence electrons. The van der Waals surface area contributed by atoms with E-state index in [2.05, 4.69) is 49.5 Å². The first kappa shape index (κ1) is 60.9. The minimum absolute atomic E-state index is 0.0460. The van der Waals surface area contributed by atoms with Gasteiger partial charge in [-0.15, -0.1) is 0 Å². The molecule has 0 aliphatic rings. The number of esters is 2. The Hall–Kier alpha value is -2.07. The van der Waals surface area contributed by atoms with Crippen LogP contribution in [0.2, 0.25) is 0 Å². The fourth-order valence-electron chi connectivity index (χ4n) is 6.92. The smallest absolute Gasteiger partial charge is 0.306 e. The SMILES string of the molecule is CCCCCCCCCCCCCCCCCCCCCCCC(=O)OC[C@H](COP(=O)([O-])OCC[N+](C)(C)C)OC(=O)CCC/C=C\C/C=C\C/C=C\C/C=C\CCCCCO. The molecule has 0 spiro atoms. The second-order valence-corrected chi connectivity index (χ2v) is 19.7. The lowest BCUT2D eigenvalue weighted by atomic mass is 10.0. The van der Waals surface area contributed by atoms with Gasteiger partial charge in [0.2, 0.25) is 0 Å². The van der Waals surface area contributed by atoms with Crippen molar-refractivity contribution in [2.24, 2.45) is 0 Å². The zero-order valence-electron chi connectivity index (χ0n) is 41.0. The number of phosphoric acid groups is 1. The second-order valence-electron chi connectivity index (χ2n) is 18.3. The molecular formula is C52H96NO9P. The number of likely N-dealkylation sites (N-methyl/N-ethyl adjacent to an activating group) is 1. The van der Waals surface area contributed by atoms with Crippen LogP contribution in [0.15, 0.2) is 48.6 Å². The first-order valence-corrected chi connectivity index (χ1v) is 26.9. The van der Waals surface area contributed by atoms with Crippen LogP contribution in [-0.2, 0) is 32.7 Å². The quantitative estimate of drug-likeness (QED) is 0.0208. The van der Waals surface area contributed by atoms with Crippen molar-refractivity contribution in [2.45, 2.75) is 218 Å². The minimum atomic E-state index is -4.65. The summed E-state index contributed by atoms with van der Waals surface area (Å²) in [5.74, 6) is -0.907. The number of carbonyl (C=O) groups excluding carboxylic acids is 2. The Morgan fingerprint density at radius 2 is 0.952 bits per heavy atom. The Bertz CT molecular complexity index is 1210. The lowest BCUT2D eigenvalue weighted by Gasteiger charge is -2.28. The highest BCUT2D eigenvalue weighted by Gasteiger charge is 2.21. The van der Waals surface area contributed by atoms with Gasteiger partial charge in [0.1, 0.15) is 19.8 Å². The summed E-state index contributed by atoms with van der Waals surface area (Å²) in [6.45, 7) is 2.19. The molecule has 0 bridgehead atoms. The van der Waals surface area contributed by atoms with Gasteiger partial charge in [0.15, 0.2) is 6.10 Å². The van der Waals surface area contributed by atoms with E-state index < -0.39 is 32.5 Å². The predicted octanol–water partition coefficient (Wildman–Crippen LogP) is 13.4. The Morgan fingerprint density at radius 3 is 1.41 bits per heavy atom. The van der Waals surface area contributed by atoms with E-state index in [-0.39, 0.29) is 32.7 Å². The maximum absolute atomic E-state index is 12.7. The second kappa shape index (κ2) is 45.1. The maximum atomic E-state index is 12.7. The van der Waals surface area contributed by atoms with Crippen LogP contribution in [0.25, 0.3) is 0 Å². The maximum Gasteiger partial charge on any atom is 0.306 e. The van der Waals surface area contributed by atoms with Gasteiger partial charge in [-0.25, -0.2) is 0 Å². The molecule has 0 aliphatic heterocycles. The summed E-state index contributed by atoms with van der Waals surface area (Å²) in [6.07, 6.45) is 51.7. The number of hydrogen-bond donors (Lipinski definition) is 1. The first-order valence-electron chi connectivity index (χ1n) is 25.5. The van der Waals surface area contributed by atoms with Crippen molar-refractivity contribution in [3.63, 3.8) is 0 Å². The number of unbranched alkanes of at least 4 members (excludes halogenated alkanes) is 24. The number of phosphoric ester groups is 1. The van der Waals surface area contributed by atoms with Crippen LogP contribution in [0.5, 0.6) is 0 Å². The zero-order chi connectivity index (χ0) is 46.4. The molecule has 0 rings (SSSR count). The first-order chi connectivity index (χ1) is 30.5. The molecule has 0 aromatic rings. The topological polar surface area (TPSA) is 131 Å². The van der Waals surface area contributed by atoms with Crippen LogP contribution >= 0.6 is 7.82 Å². The van der Waals surface area contributed by atoms with Gasteiger partial charge in [0.25, 0.3) is 7.82 Å². The van der Waals surface area contributed by atoms with Gasteiger partial charge in [-0.05, 0) is 57.8 Å². The number of quaternary nitrogens is 1. The molecule has 0 saturated carbocycles. The summed E-state index contributed by atoms with van der Waals surface area (Å²) in [5.41, 5.74) is 0. The van der Waals surface area contributed by atoms with Crippen LogP contribution in [0.4, 0.5) is 0 Å². The molecule has 63 heavy (non-hydrogen) atoms. The Morgan fingerprint density at radius 1 is 0.540 bits per heavy atom. The number of carbonyl (C=O) groups is 2. The van der Waals surface area contributed by atoms with Crippen LogP contribution in [-0.4, -0.2) is 81.7 Å². The van der Waals surface area contributed by atoms with Gasteiger partial charge >= 0.3 is 11.9 Å². The summed E-state index contributed by atoms with van der Waals surface area (Å²) in [7, 11) is 1.12. The van der Waals surface area contributed by atoms with Crippen LogP contribution in [0.3, 0.4) is 0 Å². The van der Waals surface area contributed by atoms with Gasteiger partial charge in [0.05, 0.1) is 27.7 Å². The predicted molar refractivity (Wildman–Crippen MR) is 260 cm³/mol. The molecule has 0 heterocycles. The third kappa shape index (κ3) is 49.2. The minimum Gasteiger partial charge on any atom is -0.756 e.